The van der Waals surface area contributed by atoms with Crippen LogP contribution in [0.2, 0.25) is 5.02 Å². The molecule has 2 bridgehead atoms. The fourth-order valence-corrected chi connectivity index (χ4v) is 6.94. The van der Waals surface area contributed by atoms with Gasteiger partial charge in [0, 0.05) is 22.5 Å². The van der Waals surface area contributed by atoms with Crippen molar-refractivity contribution in [3.05, 3.63) is 100 Å². The third-order valence-corrected chi connectivity index (χ3v) is 8.59. The Hall–Kier alpha value is -3.97. The number of nitrogens with zero attached hydrogens (tertiary/aromatic N) is 1. The first-order chi connectivity index (χ1) is 19.4. The number of benzene rings is 3. The van der Waals surface area contributed by atoms with Crippen molar-refractivity contribution in [2.24, 2.45) is 11.8 Å². The number of likely N-dealkylation sites (tertiary alicyclic amines) is 1. The van der Waals surface area contributed by atoms with Gasteiger partial charge in [-0.05, 0) is 46.9 Å². The van der Waals surface area contributed by atoms with Gasteiger partial charge in [-0.2, -0.15) is 0 Å². The van der Waals surface area contributed by atoms with Crippen molar-refractivity contribution in [1.82, 2.24) is 4.90 Å². The fourth-order valence-electron chi connectivity index (χ4n) is 6.75. The third-order valence-electron chi connectivity index (χ3n) is 8.35. The number of carbonyl (C=O) groups excluding carboxylic acids is 4. The van der Waals surface area contributed by atoms with Gasteiger partial charge in [0.1, 0.15) is 6.04 Å². The largest absolute Gasteiger partial charge is 0.454 e. The topological polar surface area (TPSA) is 92.8 Å². The van der Waals surface area contributed by atoms with E-state index in [1.54, 1.807) is 24.3 Å². The van der Waals surface area contributed by atoms with Gasteiger partial charge in [0.05, 0.1) is 11.8 Å². The van der Waals surface area contributed by atoms with Crippen LogP contribution in [0, 0.1) is 11.8 Å². The van der Waals surface area contributed by atoms with Gasteiger partial charge >= 0.3 is 5.97 Å². The molecule has 3 atom stereocenters. The summed E-state index contributed by atoms with van der Waals surface area (Å²) in [5.41, 5.74) is 4.75. The first-order valence-corrected chi connectivity index (χ1v) is 14.0. The zero-order chi connectivity index (χ0) is 28.0. The summed E-state index contributed by atoms with van der Waals surface area (Å²) >= 11 is 5.98. The summed E-state index contributed by atoms with van der Waals surface area (Å²) in [5, 5.41) is 3.10. The molecule has 7 nitrogen and oxygen atoms in total. The maximum atomic E-state index is 14.1. The summed E-state index contributed by atoms with van der Waals surface area (Å²) in [4.78, 5) is 55.2. The SMILES string of the molecule is CCCC[C@H](C(=O)OCC(=O)Nc1cccc(Cl)c1)N1C(=O)[C@@H]2C3c4ccccc4C(c4ccccc43)[C@H]2C1=O. The van der Waals surface area contributed by atoms with Crippen LogP contribution in [0.4, 0.5) is 5.69 Å². The number of amides is 3. The predicted octanol–water partition coefficient (Wildman–Crippen LogP) is 5.27. The van der Waals surface area contributed by atoms with Crippen molar-refractivity contribution in [1.29, 1.82) is 0 Å². The summed E-state index contributed by atoms with van der Waals surface area (Å²) in [6, 6.07) is 21.6. The molecule has 3 aromatic carbocycles. The molecule has 1 N–H and O–H groups in total. The lowest BCUT2D eigenvalue weighted by molar-refractivity contribution is -0.160. The number of hydrogen-bond donors (Lipinski definition) is 1. The lowest BCUT2D eigenvalue weighted by Crippen LogP contribution is -2.47. The fraction of sp³-hybridized carbons (Fsp3) is 0.312. The van der Waals surface area contributed by atoms with E-state index < -0.39 is 36.4 Å². The molecular weight excluding hydrogens is 528 g/mol. The highest BCUT2D eigenvalue weighted by molar-refractivity contribution is 6.30. The van der Waals surface area contributed by atoms with Crippen LogP contribution < -0.4 is 5.32 Å². The van der Waals surface area contributed by atoms with Gasteiger partial charge in [-0.3, -0.25) is 19.3 Å². The highest BCUT2D eigenvalue weighted by atomic mass is 35.5. The average molecular weight is 557 g/mol. The molecular formula is C32H29ClN2O5. The van der Waals surface area contributed by atoms with E-state index in [0.717, 1.165) is 33.6 Å². The normalized spacial score (nSPS) is 22.8. The Morgan fingerprint density at radius 3 is 1.93 bits per heavy atom. The third kappa shape index (κ3) is 4.29. The molecule has 1 fully saturated rings. The summed E-state index contributed by atoms with van der Waals surface area (Å²) < 4.78 is 5.39. The van der Waals surface area contributed by atoms with Crippen molar-refractivity contribution in [2.45, 2.75) is 44.1 Å². The van der Waals surface area contributed by atoms with Crippen molar-refractivity contribution >= 4 is 41.0 Å². The van der Waals surface area contributed by atoms with Crippen LogP contribution in [-0.4, -0.2) is 41.2 Å². The molecule has 0 aromatic heterocycles. The smallest absolute Gasteiger partial charge is 0.329 e. The molecule has 3 amide bonds. The van der Waals surface area contributed by atoms with Crippen LogP contribution in [0.1, 0.15) is 60.3 Å². The van der Waals surface area contributed by atoms with Crippen LogP contribution in [0.3, 0.4) is 0 Å². The van der Waals surface area contributed by atoms with Gasteiger partial charge in [0.2, 0.25) is 11.8 Å². The highest BCUT2D eigenvalue weighted by Gasteiger charge is 2.63. The van der Waals surface area contributed by atoms with Gasteiger partial charge in [0.15, 0.2) is 6.61 Å². The molecule has 8 heteroatoms. The second-order valence-corrected chi connectivity index (χ2v) is 11.1. The Morgan fingerprint density at radius 1 is 0.875 bits per heavy atom. The number of esters is 1. The Balaban J connectivity index is 1.26. The van der Waals surface area contributed by atoms with E-state index in [4.69, 9.17) is 16.3 Å². The molecule has 1 aliphatic heterocycles. The second-order valence-electron chi connectivity index (χ2n) is 10.6. The summed E-state index contributed by atoms with van der Waals surface area (Å²) in [6.45, 7) is 1.43. The molecule has 0 radical (unpaired) electrons. The van der Waals surface area contributed by atoms with Crippen molar-refractivity contribution in [2.75, 3.05) is 11.9 Å². The number of imide groups is 1. The second kappa shape index (κ2) is 10.5. The lowest BCUT2D eigenvalue weighted by atomic mass is 9.55. The molecule has 0 spiro atoms. The molecule has 7 rings (SSSR count). The monoisotopic (exact) mass is 556 g/mol. The number of rotatable bonds is 8. The molecule has 3 aliphatic carbocycles. The van der Waals surface area contributed by atoms with Gasteiger partial charge in [-0.1, -0.05) is 86.0 Å². The Bertz CT molecular complexity index is 1400. The molecule has 1 saturated heterocycles. The van der Waals surface area contributed by atoms with Crippen LogP contribution in [-0.2, 0) is 23.9 Å². The maximum absolute atomic E-state index is 14.1. The average Bonchev–Trinajstić information content (AvgIpc) is 3.22. The lowest BCUT2D eigenvalue weighted by Gasteiger charge is -2.45. The van der Waals surface area contributed by atoms with Crippen molar-refractivity contribution in [3.8, 4) is 0 Å². The van der Waals surface area contributed by atoms with Gasteiger partial charge in [-0.15, -0.1) is 0 Å². The zero-order valence-electron chi connectivity index (χ0n) is 22.0. The molecule has 3 aromatic rings. The number of anilines is 1. The molecule has 1 heterocycles. The maximum Gasteiger partial charge on any atom is 0.329 e. The molecule has 40 heavy (non-hydrogen) atoms. The minimum atomic E-state index is -1.09. The molecule has 0 saturated carbocycles. The zero-order valence-corrected chi connectivity index (χ0v) is 22.8. The Morgan fingerprint density at radius 2 is 1.43 bits per heavy atom. The van der Waals surface area contributed by atoms with Crippen molar-refractivity contribution < 1.29 is 23.9 Å². The van der Waals surface area contributed by atoms with Gasteiger partial charge in [0.25, 0.3) is 5.91 Å². The van der Waals surface area contributed by atoms with Crippen LogP contribution >= 0.6 is 11.6 Å². The van der Waals surface area contributed by atoms with E-state index in [2.05, 4.69) is 5.32 Å². The molecule has 0 unspecified atom stereocenters. The summed E-state index contributed by atoms with van der Waals surface area (Å²) in [7, 11) is 0. The van der Waals surface area contributed by atoms with E-state index in [9.17, 15) is 19.2 Å². The van der Waals surface area contributed by atoms with Crippen molar-refractivity contribution in [3.63, 3.8) is 0 Å². The minimum absolute atomic E-state index is 0.254. The standard InChI is InChI=1S/C32H29ClN2O5/c1-2-3-15-24(32(39)40-17-25(36)34-19-10-8-9-18(33)16-19)35-30(37)28-26-20-11-4-5-12-21(20)27(29(28)31(35)38)23-14-7-6-13-22(23)26/h4-14,16,24,26-29H,2-3,15,17H2,1H3,(H,34,36)/t24-,26?,27?,28-,29-/m1/s1. The van der Waals surface area contributed by atoms with Crippen LogP contribution in [0.5, 0.6) is 0 Å². The van der Waals surface area contributed by atoms with Gasteiger partial charge < -0.3 is 10.1 Å². The van der Waals surface area contributed by atoms with E-state index in [1.807, 2.05) is 55.5 Å². The highest BCUT2D eigenvalue weighted by Crippen LogP contribution is 2.61. The van der Waals surface area contributed by atoms with Crippen LogP contribution in [0.25, 0.3) is 0 Å². The number of unbranched alkanes of at least 4 members (excludes halogenated alkanes) is 1. The molecule has 204 valence electrons. The Kier molecular flexibility index (Phi) is 6.92. The van der Waals surface area contributed by atoms with Gasteiger partial charge in [-0.25, -0.2) is 4.79 Å². The van der Waals surface area contributed by atoms with E-state index >= 15 is 0 Å². The summed E-state index contributed by atoms with van der Waals surface area (Å²) in [6.07, 6.45) is 1.66. The number of hydrogen-bond acceptors (Lipinski definition) is 5. The van der Waals surface area contributed by atoms with E-state index in [-0.39, 0.29) is 30.1 Å². The summed E-state index contributed by atoms with van der Waals surface area (Å²) in [5.74, 6) is -3.63. The number of ether oxygens (including phenoxy) is 1. The minimum Gasteiger partial charge on any atom is -0.454 e. The van der Waals surface area contributed by atoms with Crippen LogP contribution in [0.15, 0.2) is 72.8 Å². The Labute approximate surface area is 237 Å². The predicted molar refractivity (Wildman–Crippen MR) is 150 cm³/mol. The number of nitrogens with one attached hydrogen (secondary N) is 1. The molecule has 4 aliphatic rings. The first-order valence-electron chi connectivity index (χ1n) is 13.7. The van der Waals surface area contributed by atoms with E-state index in [0.29, 0.717) is 17.1 Å². The van der Waals surface area contributed by atoms with E-state index in [1.165, 1.54) is 0 Å². The number of halogens is 1. The number of carbonyl (C=O) groups is 4. The quantitative estimate of drug-likeness (QED) is 0.301. The first kappa shape index (κ1) is 26.3.